The molecule has 0 fully saturated rings. The molecule has 4 nitrogen and oxygen atoms in total. The van der Waals surface area contributed by atoms with Crippen molar-refractivity contribution in [3.63, 3.8) is 0 Å². The van der Waals surface area contributed by atoms with E-state index in [0.29, 0.717) is 5.92 Å². The average Bonchev–Trinajstić information content (AvgIpc) is 2.55. The maximum Gasteiger partial charge on any atom is 0.269 e. The lowest BCUT2D eigenvalue weighted by Gasteiger charge is -2.35. The number of aryl methyl sites for hydroxylation is 1. The lowest BCUT2D eigenvalue weighted by Crippen LogP contribution is -2.30. The number of hydrogen-bond donors (Lipinski definition) is 1. The Morgan fingerprint density at radius 1 is 1.18 bits per heavy atom. The van der Waals surface area contributed by atoms with E-state index in [1.807, 2.05) is 18.2 Å². The van der Waals surface area contributed by atoms with Gasteiger partial charge < -0.3 is 5.73 Å². The number of fused-ring (bicyclic) bond motifs is 1. The minimum Gasteiger partial charge on any atom is -0.324 e. The van der Waals surface area contributed by atoms with Crippen LogP contribution in [0.4, 0.5) is 5.69 Å². The molecule has 0 amide bonds. The molecule has 0 radical (unpaired) electrons. The Balaban J connectivity index is 1.83. The molecule has 0 aliphatic heterocycles. The first-order valence-electron chi connectivity index (χ1n) is 7.65. The van der Waals surface area contributed by atoms with Gasteiger partial charge in [0.05, 0.1) is 4.92 Å². The van der Waals surface area contributed by atoms with Crippen molar-refractivity contribution in [2.24, 2.45) is 11.7 Å². The number of nitrogens with two attached hydrogens (primary N) is 1. The second-order valence-electron chi connectivity index (χ2n) is 6.06. The van der Waals surface area contributed by atoms with Crippen molar-refractivity contribution in [2.45, 2.75) is 31.7 Å². The van der Waals surface area contributed by atoms with Crippen molar-refractivity contribution in [1.29, 1.82) is 0 Å². The third-order valence-electron chi connectivity index (χ3n) is 4.89. The van der Waals surface area contributed by atoms with Crippen LogP contribution in [0.1, 0.15) is 42.0 Å². The van der Waals surface area contributed by atoms with Crippen LogP contribution in [-0.4, -0.2) is 4.92 Å². The highest BCUT2D eigenvalue weighted by Gasteiger charge is 2.31. The standard InChI is InChI=1S/C18H20N2O2/c1-12(13-6-9-15(10-7-13)20(21)22)16-11-8-14-4-2-3-5-17(14)18(16)19/h2-7,9-10,12,16,18H,8,11,19H2,1H3. The zero-order valence-corrected chi connectivity index (χ0v) is 12.6. The van der Waals surface area contributed by atoms with Crippen LogP contribution in [0.2, 0.25) is 0 Å². The summed E-state index contributed by atoms with van der Waals surface area (Å²) < 4.78 is 0. The molecule has 2 aromatic carbocycles. The molecule has 22 heavy (non-hydrogen) atoms. The van der Waals surface area contributed by atoms with Crippen LogP contribution in [0.5, 0.6) is 0 Å². The Labute approximate surface area is 130 Å². The van der Waals surface area contributed by atoms with Crippen LogP contribution in [-0.2, 0) is 6.42 Å². The van der Waals surface area contributed by atoms with Gasteiger partial charge in [0.15, 0.2) is 0 Å². The van der Waals surface area contributed by atoms with Gasteiger partial charge in [0.2, 0.25) is 0 Å². The van der Waals surface area contributed by atoms with E-state index in [0.717, 1.165) is 18.4 Å². The molecule has 0 bridgehead atoms. The zero-order chi connectivity index (χ0) is 15.7. The number of nitro benzene ring substituents is 1. The van der Waals surface area contributed by atoms with Gasteiger partial charge in [-0.25, -0.2) is 0 Å². The molecule has 4 heteroatoms. The fraction of sp³-hybridized carbons (Fsp3) is 0.333. The maximum atomic E-state index is 10.8. The molecule has 0 heterocycles. The number of rotatable bonds is 3. The third-order valence-corrected chi connectivity index (χ3v) is 4.89. The van der Waals surface area contributed by atoms with Crippen LogP contribution < -0.4 is 5.73 Å². The highest BCUT2D eigenvalue weighted by atomic mass is 16.6. The van der Waals surface area contributed by atoms with Gasteiger partial charge in [-0.2, -0.15) is 0 Å². The van der Waals surface area contributed by atoms with E-state index < -0.39 is 0 Å². The predicted octanol–water partition coefficient (Wildman–Crippen LogP) is 3.96. The molecule has 1 aliphatic rings. The molecule has 0 saturated carbocycles. The monoisotopic (exact) mass is 296 g/mol. The first-order valence-corrected chi connectivity index (χ1v) is 7.65. The minimum atomic E-state index is -0.364. The van der Waals surface area contributed by atoms with Crippen molar-refractivity contribution in [3.8, 4) is 0 Å². The Kier molecular flexibility index (Phi) is 3.94. The van der Waals surface area contributed by atoms with Gasteiger partial charge in [-0.3, -0.25) is 10.1 Å². The van der Waals surface area contributed by atoms with E-state index in [1.54, 1.807) is 12.1 Å². The molecule has 1 aliphatic carbocycles. The molecule has 2 aromatic rings. The summed E-state index contributed by atoms with van der Waals surface area (Å²) in [6.07, 6.45) is 2.10. The van der Waals surface area contributed by atoms with Gasteiger partial charge in [-0.15, -0.1) is 0 Å². The summed E-state index contributed by atoms with van der Waals surface area (Å²) >= 11 is 0. The van der Waals surface area contributed by atoms with Crippen molar-refractivity contribution >= 4 is 5.69 Å². The lowest BCUT2D eigenvalue weighted by atomic mass is 9.72. The number of hydrogen-bond acceptors (Lipinski definition) is 3. The van der Waals surface area contributed by atoms with Crippen molar-refractivity contribution in [2.75, 3.05) is 0 Å². The highest BCUT2D eigenvalue weighted by Crippen LogP contribution is 2.41. The third kappa shape index (κ3) is 2.62. The second kappa shape index (κ2) is 5.89. The quantitative estimate of drug-likeness (QED) is 0.688. The Bertz CT molecular complexity index is 682. The molecule has 114 valence electrons. The zero-order valence-electron chi connectivity index (χ0n) is 12.6. The molecule has 3 atom stereocenters. The largest absolute Gasteiger partial charge is 0.324 e. The Morgan fingerprint density at radius 3 is 2.55 bits per heavy atom. The molecule has 2 N–H and O–H groups in total. The van der Waals surface area contributed by atoms with Gasteiger partial charge in [0, 0.05) is 18.2 Å². The van der Waals surface area contributed by atoms with Gasteiger partial charge >= 0.3 is 0 Å². The summed E-state index contributed by atoms with van der Waals surface area (Å²) in [5.41, 5.74) is 10.3. The highest BCUT2D eigenvalue weighted by molar-refractivity contribution is 5.37. The van der Waals surface area contributed by atoms with Gasteiger partial charge in [0.1, 0.15) is 0 Å². The summed E-state index contributed by atoms with van der Waals surface area (Å²) in [5, 5.41) is 10.8. The Hall–Kier alpha value is -2.20. The van der Waals surface area contributed by atoms with Crippen LogP contribution in [0, 0.1) is 16.0 Å². The van der Waals surface area contributed by atoms with Crippen LogP contribution in [0.25, 0.3) is 0 Å². The van der Waals surface area contributed by atoms with Crippen molar-refractivity contribution in [1.82, 2.24) is 0 Å². The van der Waals surface area contributed by atoms with E-state index in [9.17, 15) is 10.1 Å². The Morgan fingerprint density at radius 2 is 1.86 bits per heavy atom. The van der Waals surface area contributed by atoms with Gasteiger partial charge in [-0.1, -0.05) is 43.3 Å². The maximum absolute atomic E-state index is 10.8. The van der Waals surface area contributed by atoms with E-state index in [-0.39, 0.29) is 22.6 Å². The molecule has 3 rings (SSSR count). The van der Waals surface area contributed by atoms with E-state index in [1.165, 1.54) is 11.1 Å². The summed E-state index contributed by atoms with van der Waals surface area (Å²) in [4.78, 5) is 10.4. The second-order valence-corrected chi connectivity index (χ2v) is 6.06. The minimum absolute atomic E-state index is 0.0233. The summed E-state index contributed by atoms with van der Waals surface area (Å²) in [5.74, 6) is 0.639. The SMILES string of the molecule is CC(c1ccc([N+](=O)[O-])cc1)C1CCc2ccccc2C1N. The molecule has 0 spiro atoms. The van der Waals surface area contributed by atoms with Crippen LogP contribution >= 0.6 is 0 Å². The smallest absolute Gasteiger partial charge is 0.269 e. The fourth-order valence-electron chi connectivity index (χ4n) is 3.53. The van der Waals surface area contributed by atoms with Crippen LogP contribution in [0.3, 0.4) is 0 Å². The van der Waals surface area contributed by atoms with E-state index in [2.05, 4.69) is 25.1 Å². The van der Waals surface area contributed by atoms with Crippen LogP contribution in [0.15, 0.2) is 48.5 Å². The molecule has 0 aromatic heterocycles. The number of non-ortho nitro benzene ring substituents is 1. The summed E-state index contributed by atoms with van der Waals surface area (Å²) in [6.45, 7) is 2.17. The summed E-state index contributed by atoms with van der Waals surface area (Å²) in [7, 11) is 0. The first-order chi connectivity index (χ1) is 10.6. The van der Waals surface area contributed by atoms with E-state index in [4.69, 9.17) is 5.73 Å². The molecule has 0 saturated heterocycles. The van der Waals surface area contributed by atoms with Gasteiger partial charge in [0.25, 0.3) is 5.69 Å². The van der Waals surface area contributed by atoms with Crippen molar-refractivity contribution < 1.29 is 4.92 Å². The number of benzene rings is 2. The van der Waals surface area contributed by atoms with Gasteiger partial charge in [-0.05, 0) is 41.4 Å². The lowest BCUT2D eigenvalue weighted by molar-refractivity contribution is -0.384. The molecular formula is C18H20N2O2. The van der Waals surface area contributed by atoms with Crippen molar-refractivity contribution in [3.05, 3.63) is 75.3 Å². The average molecular weight is 296 g/mol. The topological polar surface area (TPSA) is 69.2 Å². The molecule has 3 unspecified atom stereocenters. The normalized spacial score (nSPS) is 21.9. The molecular weight excluding hydrogens is 276 g/mol. The number of nitrogens with zero attached hydrogens (tertiary/aromatic N) is 1. The first kappa shape index (κ1) is 14.7. The van der Waals surface area contributed by atoms with E-state index >= 15 is 0 Å². The predicted molar refractivity (Wildman–Crippen MR) is 86.7 cm³/mol. The summed E-state index contributed by atoms with van der Waals surface area (Å²) in [6, 6.07) is 15.3. The fourth-order valence-corrected chi connectivity index (χ4v) is 3.53. The number of nitro groups is 1.